The van der Waals surface area contributed by atoms with Gasteiger partial charge in [-0.2, -0.15) is 0 Å². The van der Waals surface area contributed by atoms with Crippen molar-refractivity contribution in [1.29, 1.82) is 0 Å². The fourth-order valence-electron chi connectivity index (χ4n) is 2.73. The Morgan fingerprint density at radius 1 is 0.667 bits per heavy atom. The van der Waals surface area contributed by atoms with E-state index in [0.717, 1.165) is 5.56 Å². The normalized spacial score (nSPS) is 10.8. The summed E-state index contributed by atoms with van der Waals surface area (Å²) in [6, 6.07) is 26.8. The molecule has 0 fully saturated rings. The third kappa shape index (κ3) is 2.82. The molecule has 0 heterocycles. The molecule has 3 aromatic rings. The van der Waals surface area contributed by atoms with E-state index in [1.807, 2.05) is 25.1 Å². The molecule has 21 heavy (non-hydrogen) atoms. The van der Waals surface area contributed by atoms with E-state index in [2.05, 4.69) is 54.6 Å². The van der Waals surface area contributed by atoms with Crippen molar-refractivity contribution in [3.05, 3.63) is 101 Å². The van der Waals surface area contributed by atoms with E-state index in [0.29, 0.717) is 5.75 Å². The average Bonchev–Trinajstić information content (AvgIpc) is 2.53. The van der Waals surface area contributed by atoms with Gasteiger partial charge in [0.15, 0.2) is 0 Å². The van der Waals surface area contributed by atoms with E-state index in [-0.39, 0.29) is 5.92 Å². The molecule has 0 aliphatic heterocycles. The van der Waals surface area contributed by atoms with Crippen molar-refractivity contribution in [3.63, 3.8) is 0 Å². The number of aryl methyl sites for hydroxylation is 1. The monoisotopic (exact) mass is 274 g/mol. The van der Waals surface area contributed by atoms with Gasteiger partial charge in [-0.25, -0.2) is 0 Å². The third-order valence-corrected chi connectivity index (χ3v) is 3.82. The Morgan fingerprint density at radius 2 is 1.19 bits per heavy atom. The molecule has 0 spiro atoms. The quantitative estimate of drug-likeness (QED) is 0.675. The molecule has 0 atom stereocenters. The lowest BCUT2D eigenvalue weighted by molar-refractivity contribution is 0.471. The first-order chi connectivity index (χ1) is 10.3. The number of phenolic OH excluding ortho intramolecular Hbond substituents is 1. The van der Waals surface area contributed by atoms with Crippen LogP contribution in [0.15, 0.2) is 78.9 Å². The number of hydrogen-bond donors (Lipinski definition) is 1. The number of benzene rings is 3. The number of aromatic hydroxyl groups is 1. The zero-order chi connectivity index (χ0) is 14.7. The summed E-state index contributed by atoms with van der Waals surface area (Å²) in [5, 5.41) is 9.77. The van der Waals surface area contributed by atoms with E-state index in [1.165, 1.54) is 16.7 Å². The van der Waals surface area contributed by atoms with Crippen LogP contribution in [0.1, 0.15) is 28.2 Å². The zero-order valence-corrected chi connectivity index (χ0v) is 12.0. The Kier molecular flexibility index (Phi) is 3.74. The molecule has 0 bridgehead atoms. The van der Waals surface area contributed by atoms with Crippen LogP contribution in [0.5, 0.6) is 5.75 Å². The first kappa shape index (κ1) is 13.4. The molecule has 0 amide bonds. The summed E-state index contributed by atoms with van der Waals surface area (Å²) >= 11 is 0. The molecule has 1 heteroatoms. The highest BCUT2D eigenvalue weighted by atomic mass is 16.3. The number of phenols is 1. The molecular formula is C20H18O. The van der Waals surface area contributed by atoms with Crippen molar-refractivity contribution in [1.82, 2.24) is 0 Å². The molecule has 1 nitrogen and oxygen atoms in total. The molecule has 0 radical (unpaired) electrons. The fourth-order valence-corrected chi connectivity index (χ4v) is 2.73. The Bertz CT molecular complexity index is 678. The largest absolute Gasteiger partial charge is 0.508 e. The summed E-state index contributed by atoms with van der Waals surface area (Å²) in [5.41, 5.74) is 4.62. The minimum absolute atomic E-state index is 0.187. The molecule has 0 saturated carbocycles. The van der Waals surface area contributed by atoms with Gasteiger partial charge < -0.3 is 5.11 Å². The minimum Gasteiger partial charge on any atom is -0.508 e. The van der Waals surface area contributed by atoms with Crippen molar-refractivity contribution in [2.75, 3.05) is 0 Å². The molecule has 0 aliphatic rings. The van der Waals surface area contributed by atoms with Crippen molar-refractivity contribution in [3.8, 4) is 5.75 Å². The van der Waals surface area contributed by atoms with Crippen LogP contribution in [-0.2, 0) is 0 Å². The van der Waals surface area contributed by atoms with Gasteiger partial charge >= 0.3 is 0 Å². The summed E-state index contributed by atoms with van der Waals surface area (Å²) in [4.78, 5) is 0. The topological polar surface area (TPSA) is 20.2 Å². The van der Waals surface area contributed by atoms with E-state index < -0.39 is 0 Å². The smallest absolute Gasteiger partial charge is 0.118 e. The lowest BCUT2D eigenvalue weighted by Gasteiger charge is -2.19. The van der Waals surface area contributed by atoms with Gasteiger partial charge in [0.2, 0.25) is 0 Å². The number of hydrogen-bond acceptors (Lipinski definition) is 1. The van der Waals surface area contributed by atoms with E-state index in [4.69, 9.17) is 0 Å². The van der Waals surface area contributed by atoms with Gasteiger partial charge in [-0.05, 0) is 35.2 Å². The first-order valence-corrected chi connectivity index (χ1v) is 7.15. The average molecular weight is 274 g/mol. The van der Waals surface area contributed by atoms with Crippen LogP contribution in [0.2, 0.25) is 0 Å². The molecular weight excluding hydrogens is 256 g/mol. The van der Waals surface area contributed by atoms with Gasteiger partial charge in [0.05, 0.1) is 0 Å². The summed E-state index contributed by atoms with van der Waals surface area (Å²) < 4.78 is 0. The maximum Gasteiger partial charge on any atom is 0.118 e. The Hall–Kier alpha value is -2.54. The van der Waals surface area contributed by atoms with Crippen molar-refractivity contribution in [2.24, 2.45) is 0 Å². The molecule has 0 saturated heterocycles. The van der Waals surface area contributed by atoms with Crippen LogP contribution in [0.4, 0.5) is 0 Å². The lowest BCUT2D eigenvalue weighted by atomic mass is 9.84. The van der Waals surface area contributed by atoms with E-state index in [9.17, 15) is 5.11 Å². The fraction of sp³-hybridized carbons (Fsp3) is 0.100. The second-order valence-corrected chi connectivity index (χ2v) is 5.30. The molecule has 3 rings (SSSR count). The van der Waals surface area contributed by atoms with E-state index in [1.54, 1.807) is 6.07 Å². The highest BCUT2D eigenvalue weighted by molar-refractivity contribution is 5.46. The highest BCUT2D eigenvalue weighted by Gasteiger charge is 2.16. The maximum absolute atomic E-state index is 9.77. The minimum atomic E-state index is 0.187. The molecule has 3 aromatic carbocycles. The highest BCUT2D eigenvalue weighted by Crippen LogP contribution is 2.33. The van der Waals surface area contributed by atoms with Crippen LogP contribution in [0, 0.1) is 6.92 Å². The van der Waals surface area contributed by atoms with Gasteiger partial charge in [0, 0.05) is 5.92 Å². The van der Waals surface area contributed by atoms with Crippen LogP contribution in [0.25, 0.3) is 0 Å². The third-order valence-electron chi connectivity index (χ3n) is 3.82. The van der Waals surface area contributed by atoms with Gasteiger partial charge in [-0.3, -0.25) is 0 Å². The van der Waals surface area contributed by atoms with Gasteiger partial charge in [-0.1, -0.05) is 72.8 Å². The Morgan fingerprint density at radius 3 is 1.67 bits per heavy atom. The van der Waals surface area contributed by atoms with Gasteiger partial charge in [0.25, 0.3) is 0 Å². The molecule has 104 valence electrons. The summed E-state index contributed by atoms with van der Waals surface area (Å²) in [7, 11) is 0. The van der Waals surface area contributed by atoms with Crippen molar-refractivity contribution in [2.45, 2.75) is 12.8 Å². The van der Waals surface area contributed by atoms with Crippen LogP contribution in [-0.4, -0.2) is 5.11 Å². The summed E-state index contributed by atoms with van der Waals surface area (Å²) in [5.74, 6) is 0.533. The summed E-state index contributed by atoms with van der Waals surface area (Å²) in [6.45, 7) is 1.94. The van der Waals surface area contributed by atoms with E-state index >= 15 is 0 Å². The Labute approximate surface area is 125 Å². The van der Waals surface area contributed by atoms with Gasteiger partial charge in [0.1, 0.15) is 5.75 Å². The predicted octanol–water partition coefficient (Wildman–Crippen LogP) is 4.88. The molecule has 1 N–H and O–H groups in total. The van der Waals surface area contributed by atoms with Crippen molar-refractivity contribution < 1.29 is 5.11 Å². The van der Waals surface area contributed by atoms with Crippen LogP contribution in [0.3, 0.4) is 0 Å². The zero-order valence-electron chi connectivity index (χ0n) is 12.0. The second-order valence-electron chi connectivity index (χ2n) is 5.30. The number of rotatable bonds is 3. The standard InChI is InChI=1S/C20H18O/c1-15-14-18(12-13-19(15)21)20(16-8-4-2-5-9-16)17-10-6-3-7-11-17/h2-14,20-21H,1H3. The van der Waals surface area contributed by atoms with Crippen molar-refractivity contribution >= 4 is 0 Å². The molecule has 0 unspecified atom stereocenters. The second kappa shape index (κ2) is 5.84. The lowest BCUT2D eigenvalue weighted by Crippen LogP contribution is -2.03. The predicted molar refractivity (Wildman–Crippen MR) is 86.7 cm³/mol. The summed E-state index contributed by atoms with van der Waals surface area (Å²) in [6.07, 6.45) is 0. The van der Waals surface area contributed by atoms with Gasteiger partial charge in [-0.15, -0.1) is 0 Å². The maximum atomic E-state index is 9.77. The SMILES string of the molecule is Cc1cc(C(c2ccccc2)c2ccccc2)ccc1O. The Balaban J connectivity index is 2.14. The van der Waals surface area contributed by atoms with Crippen LogP contribution < -0.4 is 0 Å². The molecule has 0 aromatic heterocycles. The molecule has 0 aliphatic carbocycles. The first-order valence-electron chi connectivity index (χ1n) is 7.15. The van der Waals surface area contributed by atoms with Crippen LogP contribution >= 0.6 is 0 Å².